The first-order valence-corrected chi connectivity index (χ1v) is 9.82. The molecule has 0 amide bonds. The molecule has 3 aromatic rings. The third-order valence-corrected chi connectivity index (χ3v) is 5.97. The summed E-state index contributed by atoms with van der Waals surface area (Å²) in [5.41, 5.74) is 3.57. The lowest BCUT2D eigenvalue weighted by Crippen LogP contribution is -2.30. The largest absolute Gasteiger partial charge is 0.476 e. The molecule has 2 heterocycles. The molecule has 0 bridgehead atoms. The molecule has 0 aliphatic carbocycles. The molecule has 0 atom stereocenters. The van der Waals surface area contributed by atoms with Crippen LogP contribution < -0.4 is 4.90 Å². The highest BCUT2D eigenvalue weighted by Crippen LogP contribution is 2.43. The van der Waals surface area contributed by atoms with E-state index >= 15 is 0 Å². The van der Waals surface area contributed by atoms with Gasteiger partial charge >= 0.3 is 5.97 Å². The highest BCUT2D eigenvalue weighted by Gasteiger charge is 2.29. The fraction of sp³-hybridized carbons (Fsp3) is 0.286. The van der Waals surface area contributed by atoms with Gasteiger partial charge in [0.25, 0.3) is 0 Å². The molecular weight excluding hydrogens is 383 g/mol. The number of aromatic carboxylic acids is 1. The standard InChI is InChI=1S/C21H20Cl2N2O2/c1-13-5-7-14(8-6-13)25-16-10-9-15(22)18(23)17(16)19(20(25)21(26)27)24-11-3-2-4-12-24/h5-10H,2-4,11-12H2,1H3,(H,26,27). The zero-order valence-corrected chi connectivity index (χ0v) is 16.5. The molecule has 4 rings (SSSR count). The molecule has 140 valence electrons. The molecule has 27 heavy (non-hydrogen) atoms. The summed E-state index contributed by atoms with van der Waals surface area (Å²) in [5, 5.41) is 11.7. The van der Waals surface area contributed by atoms with Gasteiger partial charge in [-0.3, -0.25) is 0 Å². The Morgan fingerprint density at radius 3 is 2.30 bits per heavy atom. The topological polar surface area (TPSA) is 45.5 Å². The van der Waals surface area contributed by atoms with Gasteiger partial charge in [-0.1, -0.05) is 40.9 Å². The van der Waals surface area contributed by atoms with Gasteiger partial charge in [-0.05, 0) is 50.5 Å². The van der Waals surface area contributed by atoms with Crippen LogP contribution in [0.3, 0.4) is 0 Å². The van der Waals surface area contributed by atoms with E-state index in [9.17, 15) is 9.90 Å². The second-order valence-electron chi connectivity index (χ2n) is 6.98. The lowest BCUT2D eigenvalue weighted by molar-refractivity contribution is 0.0689. The number of halogens is 2. The van der Waals surface area contributed by atoms with Crippen LogP contribution in [0.25, 0.3) is 16.6 Å². The van der Waals surface area contributed by atoms with Crippen molar-refractivity contribution in [2.45, 2.75) is 26.2 Å². The van der Waals surface area contributed by atoms with Crippen molar-refractivity contribution in [1.82, 2.24) is 4.57 Å². The molecule has 6 heteroatoms. The van der Waals surface area contributed by atoms with E-state index in [1.807, 2.05) is 37.3 Å². The van der Waals surface area contributed by atoms with Crippen LogP contribution in [0.15, 0.2) is 36.4 Å². The molecular formula is C21H20Cl2N2O2. The summed E-state index contributed by atoms with van der Waals surface area (Å²) in [5.74, 6) is -0.973. The fourth-order valence-corrected chi connectivity index (χ4v) is 4.29. The van der Waals surface area contributed by atoms with Gasteiger partial charge in [-0.25, -0.2) is 4.79 Å². The van der Waals surface area contributed by atoms with Crippen molar-refractivity contribution in [3.05, 3.63) is 57.7 Å². The Labute approximate surface area is 167 Å². The minimum absolute atomic E-state index is 0.236. The van der Waals surface area contributed by atoms with Crippen LogP contribution in [0.2, 0.25) is 10.0 Å². The van der Waals surface area contributed by atoms with Crippen molar-refractivity contribution >= 4 is 45.8 Å². The molecule has 4 nitrogen and oxygen atoms in total. The van der Waals surface area contributed by atoms with Crippen molar-refractivity contribution in [3.8, 4) is 5.69 Å². The van der Waals surface area contributed by atoms with Crippen molar-refractivity contribution < 1.29 is 9.90 Å². The second-order valence-corrected chi connectivity index (χ2v) is 7.76. The smallest absolute Gasteiger partial charge is 0.355 e. The van der Waals surface area contributed by atoms with Gasteiger partial charge in [0.15, 0.2) is 5.69 Å². The average Bonchev–Trinajstić information content (AvgIpc) is 3.02. The number of benzene rings is 2. The number of carboxylic acid groups (broad SMARTS) is 1. The molecule has 1 N–H and O–H groups in total. The SMILES string of the molecule is Cc1ccc(-n2c(C(=O)O)c(N3CCCCC3)c3c(Cl)c(Cl)ccc32)cc1. The first kappa shape index (κ1) is 18.2. The van der Waals surface area contributed by atoms with E-state index in [-0.39, 0.29) is 5.69 Å². The highest BCUT2D eigenvalue weighted by molar-refractivity contribution is 6.46. The van der Waals surface area contributed by atoms with Crippen LogP contribution in [0.4, 0.5) is 5.69 Å². The van der Waals surface area contributed by atoms with E-state index in [0.717, 1.165) is 49.1 Å². The molecule has 0 unspecified atom stereocenters. The zero-order chi connectivity index (χ0) is 19.1. The van der Waals surface area contributed by atoms with Gasteiger partial charge < -0.3 is 14.6 Å². The van der Waals surface area contributed by atoms with E-state index in [1.54, 1.807) is 10.6 Å². The van der Waals surface area contributed by atoms with E-state index in [4.69, 9.17) is 23.2 Å². The number of rotatable bonds is 3. The zero-order valence-electron chi connectivity index (χ0n) is 15.0. The molecule has 0 saturated carbocycles. The number of piperidine rings is 1. The summed E-state index contributed by atoms with van der Waals surface area (Å²) < 4.78 is 1.78. The lowest BCUT2D eigenvalue weighted by atomic mass is 10.1. The Bertz CT molecular complexity index is 1020. The summed E-state index contributed by atoms with van der Waals surface area (Å²) in [4.78, 5) is 14.5. The second kappa shape index (κ2) is 7.10. The van der Waals surface area contributed by atoms with Gasteiger partial charge in [0.2, 0.25) is 0 Å². The maximum absolute atomic E-state index is 12.4. The summed E-state index contributed by atoms with van der Waals surface area (Å²) in [6, 6.07) is 11.4. The Hall–Kier alpha value is -2.17. The molecule has 1 saturated heterocycles. The van der Waals surface area contributed by atoms with E-state index < -0.39 is 5.97 Å². The fourth-order valence-electron chi connectivity index (χ4n) is 3.88. The van der Waals surface area contributed by atoms with Crippen LogP contribution in [0.5, 0.6) is 0 Å². The number of aryl methyl sites for hydroxylation is 1. The monoisotopic (exact) mass is 402 g/mol. The number of hydrogen-bond donors (Lipinski definition) is 1. The number of carbonyl (C=O) groups is 1. The summed E-state index contributed by atoms with van der Waals surface area (Å²) in [6.07, 6.45) is 3.23. The third kappa shape index (κ3) is 3.07. The number of fused-ring (bicyclic) bond motifs is 1. The summed E-state index contributed by atoms with van der Waals surface area (Å²) >= 11 is 12.9. The van der Waals surface area contributed by atoms with Crippen LogP contribution >= 0.6 is 23.2 Å². The maximum Gasteiger partial charge on any atom is 0.355 e. The van der Waals surface area contributed by atoms with Crippen LogP contribution in [0.1, 0.15) is 35.3 Å². The molecule has 0 radical (unpaired) electrons. The molecule has 1 fully saturated rings. The van der Waals surface area contributed by atoms with Crippen molar-refractivity contribution in [2.75, 3.05) is 18.0 Å². The van der Waals surface area contributed by atoms with Crippen molar-refractivity contribution in [2.24, 2.45) is 0 Å². The average molecular weight is 403 g/mol. The summed E-state index contributed by atoms with van der Waals surface area (Å²) in [6.45, 7) is 3.64. The molecule has 1 aromatic heterocycles. The van der Waals surface area contributed by atoms with E-state index in [0.29, 0.717) is 21.1 Å². The molecule has 0 spiro atoms. The van der Waals surface area contributed by atoms with Crippen molar-refractivity contribution in [1.29, 1.82) is 0 Å². The minimum atomic E-state index is -0.973. The van der Waals surface area contributed by atoms with Gasteiger partial charge in [-0.2, -0.15) is 0 Å². The van der Waals surface area contributed by atoms with Crippen molar-refractivity contribution in [3.63, 3.8) is 0 Å². The molecule has 1 aliphatic rings. The Morgan fingerprint density at radius 2 is 1.67 bits per heavy atom. The number of nitrogens with zero attached hydrogens (tertiary/aromatic N) is 2. The minimum Gasteiger partial charge on any atom is -0.476 e. The molecule has 2 aromatic carbocycles. The highest BCUT2D eigenvalue weighted by atomic mass is 35.5. The van der Waals surface area contributed by atoms with Crippen LogP contribution in [0, 0.1) is 6.92 Å². The summed E-state index contributed by atoms with van der Waals surface area (Å²) in [7, 11) is 0. The van der Waals surface area contributed by atoms with Gasteiger partial charge in [-0.15, -0.1) is 0 Å². The maximum atomic E-state index is 12.4. The predicted molar refractivity (Wildman–Crippen MR) is 111 cm³/mol. The number of anilines is 1. The number of hydrogen-bond acceptors (Lipinski definition) is 2. The quantitative estimate of drug-likeness (QED) is 0.589. The third-order valence-electron chi connectivity index (χ3n) is 5.17. The molecule has 1 aliphatic heterocycles. The Kier molecular flexibility index (Phi) is 4.79. The van der Waals surface area contributed by atoms with Crippen LogP contribution in [-0.2, 0) is 0 Å². The van der Waals surface area contributed by atoms with Gasteiger partial charge in [0.05, 0.1) is 21.2 Å². The van der Waals surface area contributed by atoms with Crippen LogP contribution in [-0.4, -0.2) is 28.7 Å². The number of aromatic nitrogens is 1. The first-order valence-electron chi connectivity index (χ1n) is 9.06. The van der Waals surface area contributed by atoms with E-state index in [2.05, 4.69) is 4.90 Å². The van der Waals surface area contributed by atoms with E-state index in [1.165, 1.54) is 0 Å². The Morgan fingerprint density at radius 1 is 1.00 bits per heavy atom. The number of carboxylic acids is 1. The van der Waals surface area contributed by atoms with Gasteiger partial charge in [0, 0.05) is 24.2 Å². The predicted octanol–water partition coefficient (Wildman–Crippen LogP) is 5.93. The first-order chi connectivity index (χ1) is 13.0. The lowest BCUT2D eigenvalue weighted by Gasteiger charge is -2.29. The van der Waals surface area contributed by atoms with Gasteiger partial charge in [0.1, 0.15) is 0 Å². The normalized spacial score (nSPS) is 14.7. The Balaban J connectivity index is 2.10.